The first kappa shape index (κ1) is 5.57. The molecule has 0 aliphatic heterocycles. The van der Waals surface area contributed by atoms with Crippen LogP contribution in [-0.4, -0.2) is 15.1 Å². The Morgan fingerprint density at radius 1 is 2.00 bits per heavy atom. The SMILES string of the molecule is CCC([Si])S. The Morgan fingerprint density at radius 2 is 2.20 bits per heavy atom. The van der Waals surface area contributed by atoms with E-state index in [-0.39, 0.29) is 0 Å². The molecule has 0 aliphatic carbocycles. The van der Waals surface area contributed by atoms with Crippen molar-refractivity contribution in [2.75, 3.05) is 0 Å². The van der Waals surface area contributed by atoms with E-state index in [2.05, 4.69) is 29.8 Å². The second-order valence-corrected chi connectivity index (χ2v) is 2.73. The van der Waals surface area contributed by atoms with Gasteiger partial charge in [-0.3, -0.25) is 0 Å². The number of hydrogen-bond donors (Lipinski definition) is 1. The van der Waals surface area contributed by atoms with Gasteiger partial charge in [0.1, 0.15) is 0 Å². The molecule has 0 aromatic carbocycles. The van der Waals surface area contributed by atoms with E-state index in [4.69, 9.17) is 0 Å². The molecular weight excluding hydrogens is 96.2 g/mol. The van der Waals surface area contributed by atoms with Crippen LogP contribution in [-0.2, 0) is 0 Å². The van der Waals surface area contributed by atoms with Crippen LogP contribution in [0, 0.1) is 0 Å². The lowest BCUT2D eigenvalue weighted by atomic mass is 10.6. The molecule has 0 rings (SSSR count). The molecule has 0 aromatic heterocycles. The van der Waals surface area contributed by atoms with Gasteiger partial charge in [-0.05, 0) is 11.3 Å². The Hall–Kier alpha value is 0.567. The Morgan fingerprint density at radius 3 is 2.20 bits per heavy atom. The van der Waals surface area contributed by atoms with Crippen LogP contribution in [0.2, 0.25) is 0 Å². The van der Waals surface area contributed by atoms with E-state index in [1.54, 1.807) is 0 Å². The maximum atomic E-state index is 4.01. The minimum atomic E-state index is 0.384. The molecule has 0 aliphatic rings. The lowest BCUT2D eigenvalue weighted by Crippen LogP contribution is -1.90. The molecule has 0 nitrogen and oxygen atoms in total. The number of rotatable bonds is 1. The minimum absolute atomic E-state index is 0.384. The minimum Gasteiger partial charge on any atom is -0.180 e. The summed E-state index contributed by atoms with van der Waals surface area (Å²) in [6.07, 6.45) is 1.08. The van der Waals surface area contributed by atoms with Crippen LogP contribution in [0.5, 0.6) is 0 Å². The molecule has 29 valence electrons. The molecule has 1 atom stereocenters. The highest BCUT2D eigenvalue weighted by Crippen LogP contribution is 1.89. The van der Waals surface area contributed by atoms with Gasteiger partial charge >= 0.3 is 0 Å². The Bertz CT molecular complexity index is 20.9. The van der Waals surface area contributed by atoms with Gasteiger partial charge in [0.2, 0.25) is 0 Å². The lowest BCUT2D eigenvalue weighted by molar-refractivity contribution is 1.05. The summed E-state index contributed by atoms with van der Waals surface area (Å²) in [6.45, 7) is 2.07. The zero-order valence-corrected chi connectivity index (χ0v) is 5.13. The van der Waals surface area contributed by atoms with Crippen LogP contribution in [0.25, 0.3) is 0 Å². The van der Waals surface area contributed by atoms with E-state index in [0.717, 1.165) is 6.42 Å². The number of thiol groups is 1. The van der Waals surface area contributed by atoms with Gasteiger partial charge in [-0.1, -0.05) is 6.92 Å². The van der Waals surface area contributed by atoms with Crippen LogP contribution < -0.4 is 0 Å². The van der Waals surface area contributed by atoms with Crippen molar-refractivity contribution in [2.24, 2.45) is 0 Å². The van der Waals surface area contributed by atoms with Gasteiger partial charge in [-0.25, -0.2) is 0 Å². The van der Waals surface area contributed by atoms with Crippen molar-refractivity contribution in [1.29, 1.82) is 0 Å². The highest BCUT2D eigenvalue weighted by molar-refractivity contribution is 7.82. The molecule has 0 N–H and O–H groups in total. The second kappa shape index (κ2) is 2.79. The summed E-state index contributed by atoms with van der Waals surface area (Å²) in [5.41, 5.74) is 0. The topological polar surface area (TPSA) is 0 Å². The smallest absolute Gasteiger partial charge is 0.0411 e. The van der Waals surface area contributed by atoms with Gasteiger partial charge < -0.3 is 0 Å². The summed E-state index contributed by atoms with van der Waals surface area (Å²) < 4.78 is 0. The first-order valence-electron chi connectivity index (χ1n) is 1.66. The summed E-state index contributed by atoms with van der Waals surface area (Å²) >= 11 is 4.01. The summed E-state index contributed by atoms with van der Waals surface area (Å²) in [5, 5.41) is 0. The molecule has 0 saturated carbocycles. The highest BCUT2D eigenvalue weighted by Gasteiger charge is 1.81. The van der Waals surface area contributed by atoms with Crippen LogP contribution in [0.1, 0.15) is 13.3 Å². The zero-order chi connectivity index (χ0) is 4.28. The maximum absolute atomic E-state index is 4.01. The van der Waals surface area contributed by atoms with E-state index in [1.165, 1.54) is 0 Å². The van der Waals surface area contributed by atoms with Gasteiger partial charge in [0.15, 0.2) is 0 Å². The molecule has 0 spiro atoms. The fraction of sp³-hybridized carbons (Fsp3) is 1.00. The molecule has 0 bridgehead atoms. The maximum Gasteiger partial charge on any atom is 0.0411 e. The second-order valence-electron chi connectivity index (χ2n) is 0.924. The van der Waals surface area contributed by atoms with Gasteiger partial charge in [0.05, 0.1) is 0 Å². The van der Waals surface area contributed by atoms with Gasteiger partial charge in [0, 0.05) is 10.2 Å². The van der Waals surface area contributed by atoms with Crippen molar-refractivity contribution >= 4 is 22.9 Å². The lowest BCUT2D eigenvalue weighted by Gasteiger charge is -1.89. The molecule has 1 unspecified atom stereocenters. The molecule has 5 heavy (non-hydrogen) atoms. The van der Waals surface area contributed by atoms with Gasteiger partial charge in [0.25, 0.3) is 0 Å². The summed E-state index contributed by atoms with van der Waals surface area (Å²) in [5.74, 6) is 0. The zero-order valence-electron chi connectivity index (χ0n) is 3.23. The molecule has 0 aromatic rings. The van der Waals surface area contributed by atoms with Crippen LogP contribution in [0.3, 0.4) is 0 Å². The van der Waals surface area contributed by atoms with E-state index in [1.807, 2.05) is 0 Å². The Labute approximate surface area is 41.8 Å². The van der Waals surface area contributed by atoms with Crippen molar-refractivity contribution < 1.29 is 0 Å². The Balaban J connectivity index is 2.54. The molecule has 0 amide bonds. The summed E-state index contributed by atoms with van der Waals surface area (Å²) in [6, 6.07) is 0. The van der Waals surface area contributed by atoms with E-state index >= 15 is 0 Å². The molecular formula is C3H7SSi. The third-order valence-corrected chi connectivity index (χ3v) is 1.16. The van der Waals surface area contributed by atoms with Crippen LogP contribution in [0.15, 0.2) is 0 Å². The van der Waals surface area contributed by atoms with E-state index in [0.29, 0.717) is 4.87 Å². The monoisotopic (exact) mass is 103 g/mol. The standard InChI is InChI=1S/C3H7SSi/c1-2-3(4)5/h3-4H,2H2,1H3. The average Bonchev–Trinajstić information content (AvgIpc) is 1.38. The fourth-order valence-electron chi connectivity index (χ4n) is 0. The molecule has 2 heteroatoms. The summed E-state index contributed by atoms with van der Waals surface area (Å²) in [4.78, 5) is 0.384. The van der Waals surface area contributed by atoms with Gasteiger partial charge in [-0.15, -0.1) is 0 Å². The predicted octanol–water partition coefficient (Wildman–Crippen LogP) is 0.821. The number of hydrogen-bond acceptors (Lipinski definition) is 1. The third-order valence-electron chi connectivity index (χ3n) is 0.387. The van der Waals surface area contributed by atoms with Crippen LogP contribution >= 0.6 is 12.6 Å². The molecule has 0 saturated heterocycles. The van der Waals surface area contributed by atoms with Crippen molar-refractivity contribution in [1.82, 2.24) is 0 Å². The Kier molecular flexibility index (Phi) is 3.10. The predicted molar refractivity (Wildman–Crippen MR) is 28.8 cm³/mol. The first-order chi connectivity index (χ1) is 2.27. The van der Waals surface area contributed by atoms with Crippen molar-refractivity contribution in [3.8, 4) is 0 Å². The molecule has 0 fully saturated rings. The quantitative estimate of drug-likeness (QED) is 0.369. The molecule has 3 radical (unpaired) electrons. The average molecular weight is 103 g/mol. The van der Waals surface area contributed by atoms with Gasteiger partial charge in [-0.2, -0.15) is 12.6 Å². The largest absolute Gasteiger partial charge is 0.180 e. The molecule has 0 heterocycles. The fourth-order valence-corrected chi connectivity index (χ4v) is 0. The first-order valence-corrected chi connectivity index (χ1v) is 2.76. The van der Waals surface area contributed by atoms with E-state index < -0.39 is 0 Å². The van der Waals surface area contributed by atoms with Crippen molar-refractivity contribution in [2.45, 2.75) is 18.2 Å². The normalized spacial score (nSPS) is 15.0. The van der Waals surface area contributed by atoms with Crippen LogP contribution in [0.4, 0.5) is 0 Å². The van der Waals surface area contributed by atoms with Crippen molar-refractivity contribution in [3.05, 3.63) is 0 Å². The highest BCUT2D eigenvalue weighted by atomic mass is 32.1. The van der Waals surface area contributed by atoms with Crippen molar-refractivity contribution in [3.63, 3.8) is 0 Å². The summed E-state index contributed by atoms with van der Waals surface area (Å²) in [7, 11) is 3.28. The van der Waals surface area contributed by atoms with E-state index in [9.17, 15) is 0 Å². The third kappa shape index (κ3) is 4.57.